The van der Waals surface area contributed by atoms with Crippen molar-refractivity contribution < 1.29 is 22.4 Å². The lowest BCUT2D eigenvalue weighted by Crippen LogP contribution is -2.36. The highest BCUT2D eigenvalue weighted by atomic mass is 35.5. The summed E-state index contributed by atoms with van der Waals surface area (Å²) in [6, 6.07) is 8.32. The van der Waals surface area contributed by atoms with Crippen LogP contribution in [0, 0.1) is 11.7 Å². The second-order valence-electron chi connectivity index (χ2n) is 8.07. The first kappa shape index (κ1) is 21.8. The molecule has 0 saturated heterocycles. The molecule has 4 rings (SSSR count). The van der Waals surface area contributed by atoms with Crippen molar-refractivity contribution in [2.75, 3.05) is 16.0 Å². The number of amides is 2. The first-order chi connectivity index (χ1) is 14.7. The number of hydrogen-bond acceptors (Lipinski definition) is 4. The summed E-state index contributed by atoms with van der Waals surface area (Å²) in [7, 11) is -3.70. The maximum atomic E-state index is 13.1. The number of halogens is 2. The number of nitrogens with one attached hydrogen (secondary N) is 1. The van der Waals surface area contributed by atoms with Gasteiger partial charge >= 0.3 is 0 Å². The molecule has 9 heteroatoms. The van der Waals surface area contributed by atoms with Crippen LogP contribution >= 0.6 is 11.6 Å². The Labute approximate surface area is 185 Å². The number of hydrogen-bond donors (Lipinski definition) is 1. The zero-order valence-corrected chi connectivity index (χ0v) is 18.5. The number of nitrogens with zero attached hydrogens (tertiary/aromatic N) is 1. The molecule has 6 nitrogen and oxygen atoms in total. The number of fused-ring (bicyclic) bond motifs is 1. The molecule has 164 valence electrons. The van der Waals surface area contributed by atoms with Gasteiger partial charge in [0, 0.05) is 24.1 Å². The van der Waals surface area contributed by atoms with Crippen LogP contribution in [0.3, 0.4) is 0 Å². The Balaban J connectivity index is 1.44. The van der Waals surface area contributed by atoms with E-state index in [1.54, 1.807) is 17.0 Å². The summed E-state index contributed by atoms with van der Waals surface area (Å²) in [6.07, 6.45) is 2.15. The molecule has 2 aromatic rings. The van der Waals surface area contributed by atoms with E-state index in [1.165, 1.54) is 12.1 Å². The Kier molecular flexibility index (Phi) is 5.79. The summed E-state index contributed by atoms with van der Waals surface area (Å²) >= 11 is 5.88. The van der Waals surface area contributed by atoms with E-state index < -0.39 is 21.6 Å². The van der Waals surface area contributed by atoms with E-state index in [-0.39, 0.29) is 45.6 Å². The van der Waals surface area contributed by atoms with Crippen LogP contribution in [0.4, 0.5) is 15.8 Å². The quantitative estimate of drug-likeness (QED) is 0.701. The SMILES string of the molecule is C[C@@H]1Cc2cc(S(=O)(=O)CCC(=O)Nc3ccc(F)cc3Cl)ccc2N1C(=O)C1CC1. The largest absolute Gasteiger partial charge is 0.325 e. The number of sulfone groups is 1. The van der Waals surface area contributed by atoms with Crippen LogP contribution in [0.25, 0.3) is 0 Å². The Bertz CT molecular complexity index is 1160. The predicted octanol–water partition coefficient (Wildman–Crippen LogP) is 3.97. The highest BCUT2D eigenvalue weighted by molar-refractivity contribution is 7.91. The van der Waals surface area contributed by atoms with Gasteiger partial charge in [0.1, 0.15) is 5.82 Å². The van der Waals surface area contributed by atoms with Crippen molar-refractivity contribution in [3.8, 4) is 0 Å². The van der Waals surface area contributed by atoms with E-state index in [0.29, 0.717) is 6.42 Å². The number of carbonyl (C=O) groups is 2. The Morgan fingerprint density at radius 1 is 1.19 bits per heavy atom. The molecular formula is C22H22ClFN2O4S. The zero-order chi connectivity index (χ0) is 22.3. The fourth-order valence-corrected chi connectivity index (χ4v) is 5.31. The third kappa shape index (κ3) is 4.60. The molecule has 2 aromatic carbocycles. The third-order valence-electron chi connectivity index (χ3n) is 5.59. The van der Waals surface area contributed by atoms with Crippen LogP contribution in [-0.2, 0) is 25.8 Å². The summed E-state index contributed by atoms with van der Waals surface area (Å²) in [5.41, 5.74) is 1.81. The van der Waals surface area contributed by atoms with Gasteiger partial charge in [-0.1, -0.05) is 11.6 Å². The molecule has 1 heterocycles. The predicted molar refractivity (Wildman–Crippen MR) is 117 cm³/mol. The smallest absolute Gasteiger partial charge is 0.230 e. The maximum Gasteiger partial charge on any atom is 0.230 e. The average Bonchev–Trinajstić information content (AvgIpc) is 3.50. The van der Waals surface area contributed by atoms with Crippen molar-refractivity contribution in [3.63, 3.8) is 0 Å². The topological polar surface area (TPSA) is 83.6 Å². The number of anilines is 2. The third-order valence-corrected chi connectivity index (χ3v) is 7.62. The molecule has 0 bridgehead atoms. The fourth-order valence-electron chi connectivity index (χ4n) is 3.81. The molecule has 1 aliphatic carbocycles. The molecular weight excluding hydrogens is 443 g/mol. The van der Waals surface area contributed by atoms with Gasteiger partial charge in [0.2, 0.25) is 11.8 Å². The molecule has 1 aliphatic heterocycles. The normalized spacial score (nSPS) is 18.0. The van der Waals surface area contributed by atoms with Crippen molar-refractivity contribution in [1.82, 2.24) is 0 Å². The van der Waals surface area contributed by atoms with Gasteiger partial charge in [0.25, 0.3) is 0 Å². The lowest BCUT2D eigenvalue weighted by Gasteiger charge is -2.22. The molecule has 1 atom stereocenters. The summed E-state index contributed by atoms with van der Waals surface area (Å²) in [5.74, 6) is -1.25. The van der Waals surface area contributed by atoms with Crippen molar-refractivity contribution in [3.05, 3.63) is 52.8 Å². The van der Waals surface area contributed by atoms with E-state index in [4.69, 9.17) is 11.6 Å². The van der Waals surface area contributed by atoms with Gasteiger partial charge in [-0.2, -0.15) is 0 Å². The minimum atomic E-state index is -3.70. The second-order valence-corrected chi connectivity index (χ2v) is 10.6. The van der Waals surface area contributed by atoms with Crippen molar-refractivity contribution in [1.29, 1.82) is 0 Å². The number of rotatable bonds is 6. The number of benzene rings is 2. The number of carbonyl (C=O) groups excluding carboxylic acids is 2. The van der Waals surface area contributed by atoms with Gasteiger partial charge in [0.15, 0.2) is 9.84 Å². The van der Waals surface area contributed by atoms with E-state index in [9.17, 15) is 22.4 Å². The molecule has 2 aliphatic rings. The lowest BCUT2D eigenvalue weighted by atomic mass is 10.1. The molecule has 1 N–H and O–H groups in total. The summed E-state index contributed by atoms with van der Waals surface area (Å²) < 4.78 is 38.7. The van der Waals surface area contributed by atoms with Crippen LogP contribution in [0.1, 0.15) is 31.7 Å². The maximum absolute atomic E-state index is 13.1. The Morgan fingerprint density at radius 2 is 1.94 bits per heavy atom. The van der Waals surface area contributed by atoms with Crippen molar-refractivity contribution >= 4 is 44.6 Å². The van der Waals surface area contributed by atoms with Gasteiger partial charge < -0.3 is 10.2 Å². The van der Waals surface area contributed by atoms with E-state index in [0.717, 1.165) is 36.2 Å². The second kappa shape index (κ2) is 8.24. The highest BCUT2D eigenvalue weighted by Gasteiger charge is 2.39. The zero-order valence-electron chi connectivity index (χ0n) is 16.9. The first-order valence-corrected chi connectivity index (χ1v) is 12.1. The lowest BCUT2D eigenvalue weighted by molar-refractivity contribution is -0.120. The van der Waals surface area contributed by atoms with Crippen molar-refractivity contribution in [2.24, 2.45) is 5.92 Å². The van der Waals surface area contributed by atoms with Crippen LogP contribution in [0.5, 0.6) is 0 Å². The first-order valence-electron chi connectivity index (χ1n) is 10.1. The van der Waals surface area contributed by atoms with Gasteiger partial charge in [0.05, 0.1) is 21.4 Å². The van der Waals surface area contributed by atoms with Crippen LogP contribution in [0.15, 0.2) is 41.3 Å². The van der Waals surface area contributed by atoms with E-state index in [2.05, 4.69) is 5.32 Å². The highest BCUT2D eigenvalue weighted by Crippen LogP contribution is 2.39. The monoisotopic (exact) mass is 464 g/mol. The molecule has 0 radical (unpaired) electrons. The Morgan fingerprint density at radius 3 is 2.61 bits per heavy atom. The standard InChI is InChI=1S/C22H22ClFN2O4S/c1-13-10-15-11-17(5-7-20(15)26(13)22(28)14-2-3-14)31(29,30)9-8-21(27)25-19-6-4-16(24)12-18(19)23/h4-7,11-14H,2-3,8-10H2,1H3,(H,25,27)/t13-/m1/s1. The van der Waals surface area contributed by atoms with E-state index in [1.807, 2.05) is 6.92 Å². The van der Waals surface area contributed by atoms with Crippen LogP contribution in [-0.4, -0.2) is 32.0 Å². The molecule has 31 heavy (non-hydrogen) atoms. The molecule has 0 spiro atoms. The molecule has 0 unspecified atom stereocenters. The van der Waals surface area contributed by atoms with Crippen LogP contribution < -0.4 is 10.2 Å². The minimum absolute atomic E-state index is 0.00714. The van der Waals surface area contributed by atoms with Gasteiger partial charge in [-0.3, -0.25) is 9.59 Å². The van der Waals surface area contributed by atoms with Crippen LogP contribution in [0.2, 0.25) is 5.02 Å². The molecule has 0 aromatic heterocycles. The summed E-state index contributed by atoms with van der Waals surface area (Å²) in [6.45, 7) is 1.96. The summed E-state index contributed by atoms with van der Waals surface area (Å²) in [4.78, 5) is 26.7. The van der Waals surface area contributed by atoms with Crippen molar-refractivity contribution in [2.45, 2.75) is 43.5 Å². The fraction of sp³-hybridized carbons (Fsp3) is 0.364. The average molecular weight is 465 g/mol. The van der Waals surface area contributed by atoms with Gasteiger partial charge in [-0.25, -0.2) is 12.8 Å². The van der Waals surface area contributed by atoms with E-state index >= 15 is 0 Å². The van der Waals surface area contributed by atoms with Gasteiger partial charge in [-0.15, -0.1) is 0 Å². The van der Waals surface area contributed by atoms with Gasteiger partial charge in [-0.05, 0) is 68.1 Å². The molecule has 2 amide bonds. The Hall–Kier alpha value is -2.45. The summed E-state index contributed by atoms with van der Waals surface area (Å²) in [5, 5.41) is 2.53. The molecule has 1 fully saturated rings. The molecule has 1 saturated carbocycles. The minimum Gasteiger partial charge on any atom is -0.325 e.